The van der Waals surface area contributed by atoms with Crippen molar-refractivity contribution in [1.29, 1.82) is 0 Å². The number of hydrogen-bond acceptors (Lipinski definition) is 5. The fourth-order valence-corrected chi connectivity index (χ4v) is 7.35. The summed E-state index contributed by atoms with van der Waals surface area (Å²) < 4.78 is 34.1. The van der Waals surface area contributed by atoms with Gasteiger partial charge in [-0.3, -0.25) is 4.79 Å². The molecule has 32 heavy (non-hydrogen) atoms. The molecule has 0 aliphatic carbocycles. The Morgan fingerprint density at radius 2 is 1.56 bits per heavy atom. The molecule has 2 fully saturated rings. The number of amides is 1. The van der Waals surface area contributed by atoms with E-state index in [1.165, 1.54) is 15.6 Å². The van der Waals surface area contributed by atoms with E-state index in [0.717, 1.165) is 11.1 Å². The van der Waals surface area contributed by atoms with Crippen LogP contribution in [-0.2, 0) is 14.8 Å². The monoisotopic (exact) mass is 468 g/mol. The molecule has 1 spiro atoms. The van der Waals surface area contributed by atoms with Crippen molar-refractivity contribution in [3.63, 3.8) is 0 Å². The Balaban J connectivity index is 1.28. The molecule has 3 heterocycles. The van der Waals surface area contributed by atoms with Crippen molar-refractivity contribution < 1.29 is 17.9 Å². The molecule has 2 aromatic carbocycles. The summed E-state index contributed by atoms with van der Waals surface area (Å²) in [6.07, 6.45) is 0.927. The van der Waals surface area contributed by atoms with Gasteiger partial charge in [-0.25, -0.2) is 8.42 Å². The van der Waals surface area contributed by atoms with Crippen molar-refractivity contribution in [3.8, 4) is 11.1 Å². The van der Waals surface area contributed by atoms with E-state index >= 15 is 0 Å². The number of carbonyl (C=O) groups is 1. The minimum Gasteiger partial charge on any atom is -0.358 e. The third kappa shape index (κ3) is 3.77. The topological polar surface area (TPSA) is 66.9 Å². The smallest absolute Gasteiger partial charge is 0.255 e. The predicted octanol–water partition coefficient (Wildman–Crippen LogP) is 4.07. The normalized spacial score (nSPS) is 18.8. The molecule has 6 nitrogen and oxygen atoms in total. The van der Waals surface area contributed by atoms with Crippen LogP contribution < -0.4 is 0 Å². The van der Waals surface area contributed by atoms with Gasteiger partial charge >= 0.3 is 0 Å². The number of likely N-dealkylation sites (tertiary alicyclic amines) is 1. The van der Waals surface area contributed by atoms with Gasteiger partial charge in [-0.15, -0.1) is 11.3 Å². The minimum atomic E-state index is -3.60. The highest BCUT2D eigenvalue weighted by Crippen LogP contribution is 2.39. The zero-order valence-electron chi connectivity index (χ0n) is 17.5. The van der Waals surface area contributed by atoms with Crippen molar-refractivity contribution in [2.75, 3.05) is 26.2 Å². The fraction of sp³-hybridized carbons (Fsp3) is 0.292. The first kappa shape index (κ1) is 21.3. The summed E-state index contributed by atoms with van der Waals surface area (Å²) in [4.78, 5) is 14.9. The summed E-state index contributed by atoms with van der Waals surface area (Å²) >= 11 is 1.22. The third-order valence-electron chi connectivity index (χ3n) is 6.23. The van der Waals surface area contributed by atoms with Crippen LogP contribution in [0.2, 0.25) is 0 Å². The maximum Gasteiger partial charge on any atom is 0.255 e. The van der Waals surface area contributed by atoms with Crippen LogP contribution in [-0.4, -0.2) is 55.5 Å². The van der Waals surface area contributed by atoms with Crippen LogP contribution in [0.4, 0.5) is 0 Å². The van der Waals surface area contributed by atoms with E-state index in [1.807, 2.05) is 54.6 Å². The summed E-state index contributed by atoms with van der Waals surface area (Å²) in [5, 5.41) is 1.76. The first-order valence-corrected chi connectivity index (χ1v) is 13.0. The Hall–Kier alpha value is -2.52. The first-order valence-electron chi connectivity index (χ1n) is 10.6. The van der Waals surface area contributed by atoms with Crippen LogP contribution >= 0.6 is 11.3 Å². The molecule has 2 aliphatic rings. The number of carbonyl (C=O) groups excluding carboxylic acids is 1. The number of nitrogens with zero attached hydrogens (tertiary/aromatic N) is 2. The van der Waals surface area contributed by atoms with Gasteiger partial charge in [0, 0.05) is 38.0 Å². The molecule has 0 unspecified atom stereocenters. The number of sulfonamides is 1. The zero-order valence-corrected chi connectivity index (χ0v) is 19.1. The van der Waals surface area contributed by atoms with Crippen LogP contribution in [0.3, 0.4) is 0 Å². The highest BCUT2D eigenvalue weighted by molar-refractivity contribution is 7.91. The molecule has 3 aromatic rings. The number of benzene rings is 2. The molecule has 2 saturated heterocycles. The Labute approximate surface area is 192 Å². The number of thiophene rings is 1. The number of hydrogen-bond donors (Lipinski definition) is 0. The number of rotatable bonds is 4. The molecule has 0 atom stereocenters. The molecule has 2 aliphatic heterocycles. The predicted molar refractivity (Wildman–Crippen MR) is 124 cm³/mol. The summed E-state index contributed by atoms with van der Waals surface area (Å²) in [6, 6.07) is 21.0. The second-order valence-corrected chi connectivity index (χ2v) is 11.1. The van der Waals surface area contributed by atoms with Gasteiger partial charge in [-0.1, -0.05) is 48.5 Å². The van der Waals surface area contributed by atoms with Gasteiger partial charge in [0.15, 0.2) is 0 Å². The number of ether oxygens (including phenoxy) is 1. The average molecular weight is 469 g/mol. The van der Waals surface area contributed by atoms with Crippen molar-refractivity contribution in [1.82, 2.24) is 9.21 Å². The highest BCUT2D eigenvalue weighted by Gasteiger charge is 2.51. The molecular weight excluding hydrogens is 444 g/mol. The lowest BCUT2D eigenvalue weighted by molar-refractivity contribution is -0.0856. The van der Waals surface area contributed by atoms with Gasteiger partial charge in [-0.2, -0.15) is 4.31 Å². The Morgan fingerprint density at radius 3 is 2.22 bits per heavy atom. The Kier molecular flexibility index (Phi) is 5.63. The molecule has 0 radical (unpaired) electrons. The molecule has 0 saturated carbocycles. The molecule has 166 valence electrons. The van der Waals surface area contributed by atoms with E-state index in [0.29, 0.717) is 48.9 Å². The quantitative estimate of drug-likeness (QED) is 0.579. The lowest BCUT2D eigenvalue weighted by Crippen LogP contribution is -2.55. The lowest BCUT2D eigenvalue weighted by atomic mass is 9.99. The summed E-state index contributed by atoms with van der Waals surface area (Å²) in [7, 11) is -3.60. The second kappa shape index (κ2) is 8.44. The maximum absolute atomic E-state index is 13.1. The van der Waals surface area contributed by atoms with E-state index in [2.05, 4.69) is 0 Å². The van der Waals surface area contributed by atoms with E-state index in [4.69, 9.17) is 4.74 Å². The maximum atomic E-state index is 13.1. The van der Waals surface area contributed by atoms with Crippen molar-refractivity contribution in [2.45, 2.75) is 22.8 Å². The molecule has 1 amide bonds. The van der Waals surface area contributed by atoms with E-state index < -0.39 is 15.7 Å². The lowest BCUT2D eigenvalue weighted by Gasteiger charge is -2.42. The van der Waals surface area contributed by atoms with E-state index in [-0.39, 0.29) is 5.91 Å². The molecule has 5 rings (SSSR count). The summed E-state index contributed by atoms with van der Waals surface area (Å²) in [6.45, 7) is 1.63. The molecule has 0 N–H and O–H groups in total. The SMILES string of the molecule is O=C(c1ccc(-c2ccccc2)cc1)N1CCC2(CC1)OCCN2S(=O)(=O)c1cccs1. The Morgan fingerprint density at radius 1 is 0.875 bits per heavy atom. The van der Waals surface area contributed by atoms with Crippen molar-refractivity contribution in [3.05, 3.63) is 77.7 Å². The molecule has 0 bridgehead atoms. The van der Waals surface area contributed by atoms with Crippen LogP contribution in [0.15, 0.2) is 76.3 Å². The minimum absolute atomic E-state index is 0.0369. The van der Waals surface area contributed by atoms with Crippen LogP contribution in [0, 0.1) is 0 Å². The van der Waals surface area contributed by atoms with Crippen LogP contribution in [0.5, 0.6) is 0 Å². The largest absolute Gasteiger partial charge is 0.358 e. The van der Waals surface area contributed by atoms with Gasteiger partial charge in [0.25, 0.3) is 15.9 Å². The summed E-state index contributed by atoms with van der Waals surface area (Å²) in [5.41, 5.74) is 1.94. The van der Waals surface area contributed by atoms with Gasteiger partial charge in [-0.05, 0) is 34.7 Å². The zero-order chi connectivity index (χ0) is 22.2. The average Bonchev–Trinajstić information content (AvgIpc) is 3.52. The van der Waals surface area contributed by atoms with Crippen LogP contribution in [0.25, 0.3) is 11.1 Å². The van der Waals surface area contributed by atoms with Crippen molar-refractivity contribution >= 4 is 27.3 Å². The highest BCUT2D eigenvalue weighted by atomic mass is 32.2. The fourth-order valence-electron chi connectivity index (χ4n) is 4.52. The Bertz CT molecular complexity index is 1180. The van der Waals surface area contributed by atoms with E-state index in [9.17, 15) is 13.2 Å². The van der Waals surface area contributed by atoms with E-state index in [1.54, 1.807) is 22.4 Å². The van der Waals surface area contributed by atoms with Gasteiger partial charge < -0.3 is 9.64 Å². The van der Waals surface area contributed by atoms with Crippen molar-refractivity contribution in [2.24, 2.45) is 0 Å². The molecule has 8 heteroatoms. The van der Waals surface area contributed by atoms with Gasteiger partial charge in [0.2, 0.25) is 0 Å². The number of piperidine rings is 1. The van der Waals surface area contributed by atoms with Crippen LogP contribution in [0.1, 0.15) is 23.2 Å². The third-order valence-corrected chi connectivity index (χ3v) is 9.55. The second-order valence-electron chi connectivity index (χ2n) is 8.04. The van der Waals surface area contributed by atoms with Gasteiger partial charge in [0.1, 0.15) is 9.93 Å². The first-order chi connectivity index (χ1) is 15.5. The standard InChI is InChI=1S/C24H24N2O4S2/c27-23(21-10-8-20(9-11-21)19-5-2-1-3-6-19)25-14-12-24(13-15-25)26(16-17-30-24)32(28,29)22-7-4-18-31-22/h1-11,18H,12-17H2. The van der Waals surface area contributed by atoms with Gasteiger partial charge in [0.05, 0.1) is 6.61 Å². The molecular formula is C24H24N2O4S2. The summed E-state index contributed by atoms with van der Waals surface area (Å²) in [5.74, 6) is -0.0369. The molecule has 1 aromatic heterocycles.